The smallest absolute Gasteiger partial charge is 0.444 e. The summed E-state index contributed by atoms with van der Waals surface area (Å²) in [5.74, 6) is -0.317. The topological polar surface area (TPSA) is 72.9 Å². The quantitative estimate of drug-likeness (QED) is 0.491. The molecule has 1 aliphatic carbocycles. The van der Waals surface area contributed by atoms with Gasteiger partial charge in [-0.15, -0.1) is 0 Å². The van der Waals surface area contributed by atoms with Crippen LogP contribution in [0.2, 0.25) is 0 Å². The Bertz CT molecular complexity index is 955. The zero-order valence-corrected chi connectivity index (χ0v) is 17.8. The minimum absolute atomic E-state index is 0.314. The van der Waals surface area contributed by atoms with Gasteiger partial charge in [0.25, 0.3) is 0 Å². The minimum atomic E-state index is -5.76. The summed E-state index contributed by atoms with van der Waals surface area (Å²) in [7, 11) is -5.76. The van der Waals surface area contributed by atoms with Gasteiger partial charge in [0.2, 0.25) is 0 Å². The van der Waals surface area contributed by atoms with E-state index in [9.17, 15) is 26.4 Å². The molecule has 30 heavy (non-hydrogen) atoms. The molecule has 1 aromatic carbocycles. The number of hydrogen-bond donors (Lipinski definition) is 0. The zero-order valence-electron chi connectivity index (χ0n) is 17.0. The van der Waals surface area contributed by atoms with Crippen molar-refractivity contribution in [3.8, 4) is 0 Å². The molecule has 1 heterocycles. The Morgan fingerprint density at radius 2 is 1.70 bits per heavy atom. The highest BCUT2D eigenvalue weighted by atomic mass is 32.2. The van der Waals surface area contributed by atoms with Gasteiger partial charge in [-0.3, -0.25) is 0 Å². The maximum atomic E-state index is 12.8. The highest BCUT2D eigenvalue weighted by Crippen LogP contribution is 2.47. The third-order valence-corrected chi connectivity index (χ3v) is 6.26. The van der Waals surface area contributed by atoms with Crippen LogP contribution in [0.3, 0.4) is 0 Å². The molecule has 0 N–H and O–H groups in total. The number of carbonyl (C=O) groups is 1. The van der Waals surface area contributed by atoms with Gasteiger partial charge in [-0.1, -0.05) is 24.3 Å². The summed E-state index contributed by atoms with van der Waals surface area (Å²) in [6, 6.07) is 6.69. The van der Waals surface area contributed by atoms with E-state index in [0.717, 1.165) is 5.56 Å². The Hall–Kier alpha value is -2.23. The maximum absolute atomic E-state index is 12.8. The van der Waals surface area contributed by atoms with Crippen LogP contribution in [-0.2, 0) is 24.5 Å². The Balaban J connectivity index is 1.82. The summed E-state index contributed by atoms with van der Waals surface area (Å²) in [5.41, 5.74) is -5.48. The van der Waals surface area contributed by atoms with E-state index in [-0.39, 0.29) is 5.76 Å². The van der Waals surface area contributed by atoms with Crippen LogP contribution in [0.1, 0.15) is 51.2 Å². The molecule has 3 rings (SSSR count). The largest absolute Gasteiger partial charge is 0.534 e. The maximum Gasteiger partial charge on any atom is 0.534 e. The number of likely N-dealkylation sites (tertiary alicyclic amines) is 1. The number of benzene rings is 1. The average Bonchev–Trinajstić information content (AvgIpc) is 2.63. The minimum Gasteiger partial charge on any atom is -0.444 e. The fraction of sp³-hybridized carbons (Fsp3) is 0.550. The number of halogens is 3. The number of allylic oxidation sites excluding steroid dienone is 1. The molecule has 0 aromatic heterocycles. The molecule has 10 heteroatoms. The van der Waals surface area contributed by atoms with Crippen LogP contribution in [0.25, 0.3) is 5.76 Å². The number of amides is 1. The second-order valence-electron chi connectivity index (χ2n) is 8.55. The molecular formula is C20H24F3NO5S. The zero-order chi connectivity index (χ0) is 22.4. The lowest BCUT2D eigenvalue weighted by molar-refractivity contribution is -0.0509. The molecule has 0 radical (unpaired) electrons. The van der Waals surface area contributed by atoms with Gasteiger partial charge >= 0.3 is 21.7 Å². The molecule has 0 unspecified atom stereocenters. The number of hydrogen-bond acceptors (Lipinski definition) is 5. The molecule has 1 saturated heterocycles. The molecule has 0 saturated carbocycles. The van der Waals surface area contributed by atoms with Crippen LogP contribution in [0.5, 0.6) is 0 Å². The Morgan fingerprint density at radius 1 is 1.10 bits per heavy atom. The van der Waals surface area contributed by atoms with Crippen molar-refractivity contribution in [2.75, 3.05) is 13.1 Å². The number of rotatable bonds is 2. The third-order valence-electron chi connectivity index (χ3n) is 5.30. The van der Waals surface area contributed by atoms with Crippen molar-refractivity contribution >= 4 is 22.0 Å². The SMILES string of the molecule is CC(C)(C)OC(=O)N1CCC2(CC=C(OS(=O)(=O)C(F)(F)F)c3ccccc32)CC1. The summed E-state index contributed by atoms with van der Waals surface area (Å²) < 4.78 is 71.1. The standard InChI is InChI=1S/C20H24F3NO5S/c1-18(2,3)28-17(25)24-12-10-19(11-13-24)9-8-16(14-6-4-5-7-15(14)19)29-30(26,27)20(21,22)23/h4-8H,9-13H2,1-3H3. The van der Waals surface area contributed by atoms with Crippen LogP contribution in [-0.4, -0.2) is 43.6 Å². The van der Waals surface area contributed by atoms with Gasteiger partial charge in [-0.25, -0.2) is 4.79 Å². The number of piperidine rings is 1. The van der Waals surface area contributed by atoms with Crippen molar-refractivity contribution in [1.82, 2.24) is 4.90 Å². The molecule has 1 aliphatic heterocycles. The van der Waals surface area contributed by atoms with Crippen molar-refractivity contribution in [1.29, 1.82) is 0 Å². The molecule has 0 atom stereocenters. The van der Waals surface area contributed by atoms with Crippen LogP contribution in [0, 0.1) is 0 Å². The molecule has 1 fully saturated rings. The number of carbonyl (C=O) groups excluding carboxylic acids is 1. The fourth-order valence-electron chi connectivity index (χ4n) is 3.83. The van der Waals surface area contributed by atoms with Crippen LogP contribution in [0.15, 0.2) is 30.3 Å². The Morgan fingerprint density at radius 3 is 2.27 bits per heavy atom. The van der Waals surface area contributed by atoms with E-state index in [0.29, 0.717) is 37.9 Å². The number of nitrogens with zero attached hydrogens (tertiary/aromatic N) is 1. The first-order chi connectivity index (χ1) is 13.7. The lowest BCUT2D eigenvalue weighted by Gasteiger charge is -2.44. The van der Waals surface area contributed by atoms with Gasteiger partial charge < -0.3 is 13.8 Å². The number of ether oxygens (including phenoxy) is 1. The predicted molar refractivity (Wildman–Crippen MR) is 104 cm³/mol. The predicted octanol–water partition coefficient (Wildman–Crippen LogP) is 4.57. The van der Waals surface area contributed by atoms with Crippen LogP contribution < -0.4 is 0 Å². The van der Waals surface area contributed by atoms with Gasteiger partial charge in [0.15, 0.2) is 0 Å². The molecule has 1 amide bonds. The monoisotopic (exact) mass is 447 g/mol. The van der Waals surface area contributed by atoms with E-state index >= 15 is 0 Å². The van der Waals surface area contributed by atoms with Crippen molar-refractivity contribution in [3.05, 3.63) is 41.5 Å². The van der Waals surface area contributed by atoms with Gasteiger partial charge in [0.05, 0.1) is 0 Å². The lowest BCUT2D eigenvalue weighted by atomic mass is 9.66. The van der Waals surface area contributed by atoms with Gasteiger partial charge in [-0.2, -0.15) is 21.6 Å². The summed E-state index contributed by atoms with van der Waals surface area (Å²) in [5, 5.41) is 0. The van der Waals surface area contributed by atoms with E-state index in [2.05, 4.69) is 4.18 Å². The number of fused-ring (bicyclic) bond motifs is 2. The van der Waals surface area contributed by atoms with E-state index in [4.69, 9.17) is 4.74 Å². The molecule has 166 valence electrons. The van der Waals surface area contributed by atoms with Crippen molar-refractivity contribution in [2.45, 2.75) is 56.6 Å². The van der Waals surface area contributed by atoms with E-state index in [1.807, 2.05) is 0 Å². The molecule has 0 bridgehead atoms. The molecule has 1 aromatic rings. The second kappa shape index (κ2) is 7.47. The lowest BCUT2D eigenvalue weighted by Crippen LogP contribution is -2.47. The Labute approximate surface area is 173 Å². The summed E-state index contributed by atoms with van der Waals surface area (Å²) in [6.07, 6.45) is 2.44. The van der Waals surface area contributed by atoms with Crippen molar-refractivity contribution < 1.29 is 35.3 Å². The highest BCUT2D eigenvalue weighted by Gasteiger charge is 2.50. The second-order valence-corrected chi connectivity index (χ2v) is 10.1. The molecule has 6 nitrogen and oxygen atoms in total. The van der Waals surface area contributed by atoms with Gasteiger partial charge in [-0.05, 0) is 51.7 Å². The van der Waals surface area contributed by atoms with Crippen molar-refractivity contribution in [2.24, 2.45) is 0 Å². The van der Waals surface area contributed by atoms with E-state index < -0.39 is 32.7 Å². The van der Waals surface area contributed by atoms with Gasteiger partial charge in [0.1, 0.15) is 11.4 Å². The normalized spacial score (nSPS) is 19.1. The van der Waals surface area contributed by atoms with E-state index in [1.54, 1.807) is 49.9 Å². The van der Waals surface area contributed by atoms with Crippen molar-refractivity contribution in [3.63, 3.8) is 0 Å². The molecule has 1 spiro atoms. The summed E-state index contributed by atoms with van der Waals surface area (Å²) in [6.45, 7) is 6.21. The molecular weight excluding hydrogens is 423 g/mol. The fourth-order valence-corrected chi connectivity index (χ4v) is 4.32. The van der Waals surface area contributed by atoms with Crippen LogP contribution >= 0.6 is 0 Å². The summed E-state index contributed by atoms with van der Waals surface area (Å²) in [4.78, 5) is 13.9. The third kappa shape index (κ3) is 4.43. The first kappa shape index (κ1) is 22.5. The van der Waals surface area contributed by atoms with Gasteiger partial charge in [0, 0.05) is 24.1 Å². The Kier molecular flexibility index (Phi) is 5.59. The number of alkyl halides is 3. The summed E-state index contributed by atoms with van der Waals surface area (Å²) >= 11 is 0. The van der Waals surface area contributed by atoms with E-state index in [1.165, 1.54) is 6.08 Å². The molecule has 2 aliphatic rings. The first-order valence-corrected chi connectivity index (χ1v) is 10.9. The first-order valence-electron chi connectivity index (χ1n) is 9.53. The van der Waals surface area contributed by atoms with Crippen LogP contribution in [0.4, 0.5) is 18.0 Å². The average molecular weight is 447 g/mol. The highest BCUT2D eigenvalue weighted by molar-refractivity contribution is 7.87.